The zero-order valence-corrected chi connectivity index (χ0v) is 13.8. The molecule has 2 heterocycles. The molecule has 4 heteroatoms. The van der Waals surface area contributed by atoms with Crippen molar-refractivity contribution < 1.29 is 9.90 Å². The van der Waals surface area contributed by atoms with E-state index in [0.29, 0.717) is 13.0 Å². The monoisotopic (exact) mass is 314 g/mol. The first-order valence-corrected chi connectivity index (χ1v) is 8.66. The fraction of sp³-hybridized carbons (Fsp3) is 0.526. The van der Waals surface area contributed by atoms with Crippen LogP contribution in [0.25, 0.3) is 10.9 Å². The summed E-state index contributed by atoms with van der Waals surface area (Å²) < 4.78 is 0. The van der Waals surface area contributed by atoms with E-state index < -0.39 is 0 Å². The lowest BCUT2D eigenvalue weighted by Gasteiger charge is -2.34. The van der Waals surface area contributed by atoms with Crippen LogP contribution in [0.1, 0.15) is 38.2 Å². The minimum atomic E-state index is -0.322. The normalized spacial score (nSPS) is 19.9. The number of aromatic nitrogens is 1. The predicted molar refractivity (Wildman–Crippen MR) is 92.2 cm³/mol. The smallest absolute Gasteiger partial charge is 0.222 e. The molecular weight excluding hydrogens is 288 g/mol. The van der Waals surface area contributed by atoms with Gasteiger partial charge in [0.15, 0.2) is 0 Å². The van der Waals surface area contributed by atoms with Gasteiger partial charge in [-0.15, -0.1) is 0 Å². The van der Waals surface area contributed by atoms with E-state index in [4.69, 9.17) is 0 Å². The van der Waals surface area contributed by atoms with E-state index >= 15 is 0 Å². The van der Waals surface area contributed by atoms with Crippen LogP contribution < -0.4 is 0 Å². The highest BCUT2D eigenvalue weighted by atomic mass is 16.3. The molecule has 1 aromatic carbocycles. The highest BCUT2D eigenvalue weighted by Gasteiger charge is 2.26. The maximum absolute atomic E-state index is 12.4. The number of para-hydroxylation sites is 1. The third-order valence-electron chi connectivity index (χ3n) is 5.00. The van der Waals surface area contributed by atoms with Gasteiger partial charge in [0.25, 0.3) is 0 Å². The van der Waals surface area contributed by atoms with Crippen LogP contribution in [-0.2, 0) is 11.2 Å². The summed E-state index contributed by atoms with van der Waals surface area (Å²) in [7, 11) is 0. The minimum Gasteiger partial charge on any atom is -0.393 e. The highest BCUT2D eigenvalue weighted by molar-refractivity contribution is 5.83. The Morgan fingerprint density at radius 1 is 1.43 bits per heavy atom. The summed E-state index contributed by atoms with van der Waals surface area (Å²) in [5.41, 5.74) is 2.44. The van der Waals surface area contributed by atoms with Crippen LogP contribution >= 0.6 is 0 Å². The fourth-order valence-corrected chi connectivity index (χ4v) is 3.56. The number of rotatable bonds is 5. The molecular formula is C19H26N2O2. The SMILES string of the molecule is CC(O)C1CCCN(C(=O)CCCc2c[nH]c3ccccc23)C1. The molecule has 4 nitrogen and oxygen atoms in total. The number of benzene rings is 1. The van der Waals surface area contributed by atoms with Gasteiger partial charge in [0.1, 0.15) is 0 Å². The Labute approximate surface area is 137 Å². The van der Waals surface area contributed by atoms with E-state index in [1.807, 2.05) is 17.9 Å². The summed E-state index contributed by atoms with van der Waals surface area (Å²) in [6, 6.07) is 8.28. The number of nitrogens with one attached hydrogen (secondary N) is 1. The first-order valence-electron chi connectivity index (χ1n) is 8.66. The number of aliphatic hydroxyl groups excluding tert-OH is 1. The van der Waals surface area contributed by atoms with Crippen LogP contribution in [0.2, 0.25) is 0 Å². The first kappa shape index (κ1) is 16.1. The number of fused-ring (bicyclic) bond motifs is 1. The van der Waals surface area contributed by atoms with Crippen LogP contribution in [-0.4, -0.2) is 40.1 Å². The summed E-state index contributed by atoms with van der Waals surface area (Å²) in [6.45, 7) is 3.38. The quantitative estimate of drug-likeness (QED) is 0.891. The second-order valence-electron chi connectivity index (χ2n) is 6.70. The van der Waals surface area contributed by atoms with Gasteiger partial charge in [0, 0.05) is 42.5 Å². The molecule has 1 amide bonds. The average molecular weight is 314 g/mol. The van der Waals surface area contributed by atoms with Gasteiger partial charge in [-0.25, -0.2) is 0 Å². The molecule has 0 bridgehead atoms. The number of H-pyrrole nitrogens is 1. The molecule has 2 aromatic rings. The van der Waals surface area contributed by atoms with E-state index in [-0.39, 0.29) is 17.9 Å². The van der Waals surface area contributed by atoms with Crippen LogP contribution in [0, 0.1) is 5.92 Å². The number of aryl methyl sites for hydroxylation is 1. The number of likely N-dealkylation sites (tertiary alicyclic amines) is 1. The lowest BCUT2D eigenvalue weighted by Crippen LogP contribution is -2.42. The number of hydrogen-bond donors (Lipinski definition) is 2. The molecule has 0 radical (unpaired) electrons. The lowest BCUT2D eigenvalue weighted by molar-refractivity contribution is -0.133. The predicted octanol–water partition coefficient (Wildman–Crippen LogP) is 3.11. The van der Waals surface area contributed by atoms with Gasteiger partial charge in [-0.05, 0) is 44.2 Å². The van der Waals surface area contributed by atoms with Gasteiger partial charge < -0.3 is 15.0 Å². The number of aromatic amines is 1. The van der Waals surface area contributed by atoms with Crippen molar-refractivity contribution in [2.24, 2.45) is 5.92 Å². The number of piperidine rings is 1. The Bertz CT molecular complexity index is 662. The van der Waals surface area contributed by atoms with E-state index in [1.165, 1.54) is 10.9 Å². The van der Waals surface area contributed by atoms with Crippen molar-refractivity contribution in [3.05, 3.63) is 36.0 Å². The Morgan fingerprint density at radius 3 is 3.09 bits per heavy atom. The van der Waals surface area contributed by atoms with Crippen molar-refractivity contribution in [2.45, 2.75) is 45.1 Å². The van der Waals surface area contributed by atoms with Crippen molar-refractivity contribution in [3.8, 4) is 0 Å². The Kier molecular flexibility index (Phi) is 5.01. The van der Waals surface area contributed by atoms with Gasteiger partial charge in [-0.2, -0.15) is 0 Å². The van der Waals surface area contributed by atoms with Gasteiger partial charge in [0.2, 0.25) is 5.91 Å². The molecule has 124 valence electrons. The van der Waals surface area contributed by atoms with Crippen LogP contribution in [0.4, 0.5) is 0 Å². The van der Waals surface area contributed by atoms with Crippen LogP contribution in [0.15, 0.2) is 30.5 Å². The third-order valence-corrected chi connectivity index (χ3v) is 5.00. The molecule has 2 unspecified atom stereocenters. The molecule has 2 atom stereocenters. The second-order valence-corrected chi connectivity index (χ2v) is 6.70. The molecule has 1 aliphatic rings. The molecule has 0 aliphatic carbocycles. The minimum absolute atomic E-state index is 0.232. The fourth-order valence-electron chi connectivity index (χ4n) is 3.56. The van der Waals surface area contributed by atoms with Crippen molar-refractivity contribution in [1.29, 1.82) is 0 Å². The van der Waals surface area contributed by atoms with E-state index in [9.17, 15) is 9.90 Å². The van der Waals surface area contributed by atoms with Gasteiger partial charge in [0.05, 0.1) is 6.10 Å². The molecule has 0 spiro atoms. The Morgan fingerprint density at radius 2 is 2.26 bits per heavy atom. The average Bonchev–Trinajstić information content (AvgIpc) is 2.98. The summed E-state index contributed by atoms with van der Waals surface area (Å²) in [5, 5.41) is 11.0. The number of carbonyl (C=O) groups is 1. The summed E-state index contributed by atoms with van der Waals surface area (Å²) >= 11 is 0. The molecule has 1 saturated heterocycles. The number of aliphatic hydroxyl groups is 1. The largest absolute Gasteiger partial charge is 0.393 e. The van der Waals surface area contributed by atoms with Crippen molar-refractivity contribution >= 4 is 16.8 Å². The lowest BCUT2D eigenvalue weighted by atomic mass is 9.93. The second kappa shape index (κ2) is 7.18. The number of hydrogen-bond acceptors (Lipinski definition) is 2. The summed E-state index contributed by atoms with van der Waals surface area (Å²) in [4.78, 5) is 17.6. The van der Waals surface area contributed by atoms with E-state index in [2.05, 4.69) is 29.4 Å². The summed E-state index contributed by atoms with van der Waals surface area (Å²) in [6.07, 6.45) is 6.14. The van der Waals surface area contributed by atoms with Crippen molar-refractivity contribution in [2.75, 3.05) is 13.1 Å². The molecule has 0 saturated carbocycles. The molecule has 3 rings (SSSR count). The van der Waals surface area contributed by atoms with Gasteiger partial charge in [-0.3, -0.25) is 4.79 Å². The van der Waals surface area contributed by atoms with Gasteiger partial charge in [-0.1, -0.05) is 18.2 Å². The Hall–Kier alpha value is -1.81. The van der Waals surface area contributed by atoms with Crippen LogP contribution in [0.3, 0.4) is 0 Å². The topological polar surface area (TPSA) is 56.3 Å². The summed E-state index contributed by atoms with van der Waals surface area (Å²) in [5.74, 6) is 0.469. The molecule has 1 fully saturated rings. The van der Waals surface area contributed by atoms with Gasteiger partial charge >= 0.3 is 0 Å². The maximum atomic E-state index is 12.4. The molecule has 23 heavy (non-hydrogen) atoms. The maximum Gasteiger partial charge on any atom is 0.222 e. The number of nitrogens with zero attached hydrogens (tertiary/aromatic N) is 1. The molecule has 1 aliphatic heterocycles. The highest BCUT2D eigenvalue weighted by Crippen LogP contribution is 2.22. The molecule has 1 aromatic heterocycles. The van der Waals surface area contributed by atoms with Crippen molar-refractivity contribution in [1.82, 2.24) is 9.88 Å². The first-order chi connectivity index (χ1) is 11.1. The Balaban J connectivity index is 1.51. The number of carbonyl (C=O) groups excluding carboxylic acids is 1. The zero-order valence-electron chi connectivity index (χ0n) is 13.8. The van der Waals surface area contributed by atoms with Crippen molar-refractivity contribution in [3.63, 3.8) is 0 Å². The molecule has 2 N–H and O–H groups in total. The number of amides is 1. The van der Waals surface area contributed by atoms with E-state index in [0.717, 1.165) is 37.7 Å². The van der Waals surface area contributed by atoms with E-state index in [1.54, 1.807) is 0 Å². The third kappa shape index (κ3) is 3.75. The zero-order chi connectivity index (χ0) is 16.2. The van der Waals surface area contributed by atoms with Crippen LogP contribution in [0.5, 0.6) is 0 Å². The standard InChI is InChI=1S/C19H26N2O2/c1-14(22)16-7-5-11-21(13-16)19(23)10-4-6-15-12-20-18-9-3-2-8-17(15)18/h2-3,8-9,12,14,16,20,22H,4-7,10-11,13H2,1H3.